The fraction of sp³-hybridized carbons (Fsp3) is 0.0588. The van der Waals surface area contributed by atoms with Crippen LogP contribution in [0.15, 0.2) is 60.8 Å². The third kappa shape index (κ3) is 2.14. The zero-order valence-corrected chi connectivity index (χ0v) is 11.0. The molecule has 0 atom stereocenters. The molecule has 3 heteroatoms. The molecular weight excluding hydrogens is 250 g/mol. The summed E-state index contributed by atoms with van der Waals surface area (Å²) >= 11 is 0. The number of hydrogen-bond donors (Lipinski definition) is 0. The quantitative estimate of drug-likeness (QED) is 0.662. The largest absolute Gasteiger partial charge is 0.465 e. The van der Waals surface area contributed by atoms with Gasteiger partial charge in [-0.25, -0.2) is 4.79 Å². The molecule has 20 heavy (non-hydrogen) atoms. The molecule has 3 rings (SSSR count). The second-order valence-electron chi connectivity index (χ2n) is 4.45. The Labute approximate surface area is 116 Å². The molecule has 0 aliphatic rings. The summed E-state index contributed by atoms with van der Waals surface area (Å²) in [6.45, 7) is 0. The summed E-state index contributed by atoms with van der Waals surface area (Å²) < 4.78 is 4.77. The Kier molecular flexibility index (Phi) is 3.17. The molecule has 2 aromatic carbocycles. The second kappa shape index (κ2) is 5.13. The van der Waals surface area contributed by atoms with Crippen LogP contribution in [0.4, 0.5) is 0 Å². The van der Waals surface area contributed by atoms with Crippen LogP contribution in [0.25, 0.3) is 22.0 Å². The van der Waals surface area contributed by atoms with Crippen LogP contribution in [0, 0.1) is 0 Å². The van der Waals surface area contributed by atoms with Gasteiger partial charge in [0.15, 0.2) is 0 Å². The first-order chi connectivity index (χ1) is 9.79. The molecule has 0 N–H and O–H groups in total. The van der Waals surface area contributed by atoms with Crippen molar-refractivity contribution in [3.8, 4) is 11.3 Å². The van der Waals surface area contributed by atoms with Crippen molar-refractivity contribution in [2.45, 2.75) is 0 Å². The summed E-state index contributed by atoms with van der Waals surface area (Å²) in [5, 5.41) is 1.99. The molecule has 3 aromatic rings. The van der Waals surface area contributed by atoms with E-state index in [0.29, 0.717) is 5.56 Å². The van der Waals surface area contributed by atoms with Crippen LogP contribution < -0.4 is 0 Å². The predicted octanol–water partition coefficient (Wildman–Crippen LogP) is 3.69. The van der Waals surface area contributed by atoms with Crippen LogP contribution in [-0.4, -0.2) is 18.1 Å². The number of nitrogens with zero attached hydrogens (tertiary/aromatic N) is 1. The maximum absolute atomic E-state index is 11.7. The lowest BCUT2D eigenvalue weighted by atomic mass is 10.0. The van der Waals surface area contributed by atoms with Gasteiger partial charge in [-0.05, 0) is 23.6 Å². The lowest BCUT2D eigenvalue weighted by molar-refractivity contribution is 0.0601. The average molecular weight is 263 g/mol. The first kappa shape index (κ1) is 12.4. The fourth-order valence-electron chi connectivity index (χ4n) is 2.24. The number of methoxy groups -OCH3 is 1. The Morgan fingerprint density at radius 3 is 2.60 bits per heavy atom. The van der Waals surface area contributed by atoms with Gasteiger partial charge in [0.25, 0.3) is 0 Å². The van der Waals surface area contributed by atoms with Gasteiger partial charge < -0.3 is 4.74 Å². The molecule has 0 aliphatic carbocycles. The Morgan fingerprint density at radius 2 is 1.85 bits per heavy atom. The van der Waals surface area contributed by atoms with Gasteiger partial charge in [0, 0.05) is 17.1 Å². The van der Waals surface area contributed by atoms with Gasteiger partial charge in [0.1, 0.15) is 0 Å². The van der Waals surface area contributed by atoms with Crippen molar-refractivity contribution in [1.82, 2.24) is 4.98 Å². The third-order valence-electron chi connectivity index (χ3n) is 3.23. The average Bonchev–Trinajstić information content (AvgIpc) is 2.54. The van der Waals surface area contributed by atoms with E-state index < -0.39 is 0 Å². The molecule has 0 spiro atoms. The molecule has 0 unspecified atom stereocenters. The smallest absolute Gasteiger partial charge is 0.337 e. The van der Waals surface area contributed by atoms with E-state index in [1.807, 2.05) is 48.5 Å². The number of pyridine rings is 1. The van der Waals surface area contributed by atoms with Crippen LogP contribution in [0.5, 0.6) is 0 Å². The highest BCUT2D eigenvalue weighted by molar-refractivity contribution is 6.00. The zero-order valence-electron chi connectivity index (χ0n) is 11.0. The molecule has 0 amide bonds. The highest BCUT2D eigenvalue weighted by atomic mass is 16.5. The van der Waals surface area contributed by atoms with E-state index >= 15 is 0 Å². The van der Waals surface area contributed by atoms with E-state index in [-0.39, 0.29) is 5.97 Å². The molecule has 0 aliphatic heterocycles. The molecule has 1 heterocycles. The number of rotatable bonds is 2. The number of benzene rings is 2. The molecule has 3 nitrogen and oxygen atoms in total. The highest BCUT2D eigenvalue weighted by Gasteiger charge is 2.10. The maximum atomic E-state index is 11.7. The molecule has 0 saturated carbocycles. The molecular formula is C17H13NO2. The third-order valence-corrected chi connectivity index (χ3v) is 3.23. The predicted molar refractivity (Wildman–Crippen MR) is 78.5 cm³/mol. The van der Waals surface area contributed by atoms with Crippen molar-refractivity contribution in [3.05, 3.63) is 66.4 Å². The van der Waals surface area contributed by atoms with E-state index in [9.17, 15) is 4.79 Å². The fourth-order valence-corrected chi connectivity index (χ4v) is 2.24. The van der Waals surface area contributed by atoms with Crippen LogP contribution in [0.3, 0.4) is 0 Å². The van der Waals surface area contributed by atoms with Gasteiger partial charge in [0.05, 0.1) is 18.4 Å². The van der Waals surface area contributed by atoms with E-state index in [4.69, 9.17) is 4.74 Å². The van der Waals surface area contributed by atoms with Gasteiger partial charge in [-0.2, -0.15) is 0 Å². The normalized spacial score (nSPS) is 10.4. The minimum absolute atomic E-state index is 0.338. The van der Waals surface area contributed by atoms with Crippen LogP contribution >= 0.6 is 0 Å². The first-order valence-corrected chi connectivity index (χ1v) is 6.32. The molecule has 0 fully saturated rings. The minimum atomic E-state index is -0.338. The lowest BCUT2D eigenvalue weighted by Gasteiger charge is -2.07. The summed E-state index contributed by atoms with van der Waals surface area (Å²) in [5.41, 5.74) is 2.43. The Balaban J connectivity index is 2.24. The van der Waals surface area contributed by atoms with Gasteiger partial charge in [-0.3, -0.25) is 4.98 Å². The SMILES string of the molecule is COC(=O)c1ccc2ccnc(-c3ccccc3)c2c1. The van der Waals surface area contributed by atoms with Gasteiger partial charge in [-0.1, -0.05) is 36.4 Å². The first-order valence-electron chi connectivity index (χ1n) is 6.32. The van der Waals surface area contributed by atoms with E-state index in [2.05, 4.69) is 4.98 Å². The van der Waals surface area contributed by atoms with Crippen molar-refractivity contribution in [3.63, 3.8) is 0 Å². The zero-order chi connectivity index (χ0) is 13.9. The van der Waals surface area contributed by atoms with Crippen LogP contribution in [-0.2, 0) is 4.74 Å². The van der Waals surface area contributed by atoms with Gasteiger partial charge in [0.2, 0.25) is 0 Å². The standard InChI is InChI=1S/C17H13NO2/c1-20-17(19)14-8-7-12-9-10-18-16(15(12)11-14)13-5-3-2-4-6-13/h2-11H,1H3. The van der Waals surface area contributed by atoms with Crippen molar-refractivity contribution in [1.29, 1.82) is 0 Å². The Bertz CT molecular complexity index is 766. The number of carbonyl (C=O) groups is 1. The summed E-state index contributed by atoms with van der Waals surface area (Å²) in [7, 11) is 1.38. The second-order valence-corrected chi connectivity index (χ2v) is 4.45. The highest BCUT2D eigenvalue weighted by Crippen LogP contribution is 2.27. The van der Waals surface area contributed by atoms with Crippen LogP contribution in [0.2, 0.25) is 0 Å². The lowest BCUT2D eigenvalue weighted by Crippen LogP contribution is -2.01. The minimum Gasteiger partial charge on any atom is -0.465 e. The van der Waals surface area contributed by atoms with Crippen LogP contribution in [0.1, 0.15) is 10.4 Å². The molecule has 98 valence electrons. The number of ether oxygens (including phenoxy) is 1. The summed E-state index contributed by atoms with van der Waals surface area (Å²) in [5.74, 6) is -0.338. The van der Waals surface area contributed by atoms with Gasteiger partial charge in [-0.15, -0.1) is 0 Å². The number of aromatic nitrogens is 1. The van der Waals surface area contributed by atoms with Crippen molar-refractivity contribution in [2.75, 3.05) is 7.11 Å². The van der Waals surface area contributed by atoms with Gasteiger partial charge >= 0.3 is 5.97 Å². The topological polar surface area (TPSA) is 39.2 Å². The molecule has 0 saturated heterocycles. The molecule has 0 bridgehead atoms. The number of fused-ring (bicyclic) bond motifs is 1. The van der Waals surface area contributed by atoms with E-state index in [1.54, 1.807) is 12.3 Å². The van der Waals surface area contributed by atoms with Crippen molar-refractivity contribution in [2.24, 2.45) is 0 Å². The van der Waals surface area contributed by atoms with Crippen molar-refractivity contribution < 1.29 is 9.53 Å². The van der Waals surface area contributed by atoms with Crippen molar-refractivity contribution >= 4 is 16.7 Å². The van der Waals surface area contributed by atoms with E-state index in [0.717, 1.165) is 22.0 Å². The summed E-state index contributed by atoms with van der Waals surface area (Å²) in [6.07, 6.45) is 1.78. The Morgan fingerprint density at radius 1 is 1.05 bits per heavy atom. The molecule has 0 radical (unpaired) electrons. The number of carbonyl (C=O) groups excluding carboxylic acids is 1. The Hall–Kier alpha value is -2.68. The monoisotopic (exact) mass is 263 g/mol. The maximum Gasteiger partial charge on any atom is 0.337 e. The molecule has 1 aromatic heterocycles. The number of hydrogen-bond acceptors (Lipinski definition) is 3. The summed E-state index contributed by atoms with van der Waals surface area (Å²) in [6, 6.07) is 17.4. The summed E-state index contributed by atoms with van der Waals surface area (Å²) in [4.78, 5) is 16.1. The van der Waals surface area contributed by atoms with E-state index in [1.165, 1.54) is 7.11 Å². The number of esters is 1.